The Morgan fingerprint density at radius 2 is 1.52 bits per heavy atom. The van der Waals surface area contributed by atoms with Crippen LogP contribution in [0.15, 0.2) is 76.4 Å². The van der Waals surface area contributed by atoms with E-state index in [0.29, 0.717) is 5.56 Å². The van der Waals surface area contributed by atoms with E-state index < -0.39 is 50.2 Å². The topological polar surface area (TPSA) is 121 Å². The minimum Gasteiger partial charge on any atom is -0.405 e. The molecule has 0 bridgehead atoms. The van der Waals surface area contributed by atoms with Gasteiger partial charge in [0.15, 0.2) is 6.23 Å². The van der Waals surface area contributed by atoms with Crippen LogP contribution in [-0.4, -0.2) is 81.4 Å². The van der Waals surface area contributed by atoms with Crippen molar-refractivity contribution in [1.82, 2.24) is 9.55 Å². The third kappa shape index (κ3) is 6.52. The molecule has 228 valence electrons. The maximum absolute atomic E-state index is 12.9. The fourth-order valence-electron chi connectivity index (χ4n) is 5.69. The lowest BCUT2D eigenvalue weighted by molar-refractivity contribution is -0.132. The molecule has 10 nitrogen and oxygen atoms in total. The van der Waals surface area contributed by atoms with Crippen molar-refractivity contribution in [2.75, 3.05) is 34.0 Å². The number of methoxy groups -OCH3 is 2. The Labute approximate surface area is 247 Å². The molecule has 1 aliphatic heterocycles. The highest BCUT2D eigenvalue weighted by molar-refractivity contribution is 6.99. The maximum Gasteiger partial charge on any atom is 0.330 e. The number of hydrogen-bond donors (Lipinski definition) is 2. The Bertz CT molecular complexity index is 1360. The van der Waals surface area contributed by atoms with Crippen molar-refractivity contribution in [3.63, 3.8) is 0 Å². The Morgan fingerprint density at radius 1 is 0.976 bits per heavy atom. The number of H-pyrrole nitrogens is 1. The van der Waals surface area contributed by atoms with Gasteiger partial charge in [0, 0.05) is 26.0 Å². The van der Waals surface area contributed by atoms with Gasteiger partial charge >= 0.3 is 5.69 Å². The van der Waals surface area contributed by atoms with Crippen LogP contribution in [0.1, 0.15) is 32.6 Å². The van der Waals surface area contributed by atoms with Crippen LogP contribution < -0.4 is 21.6 Å². The zero-order valence-corrected chi connectivity index (χ0v) is 26.1. The van der Waals surface area contributed by atoms with Crippen LogP contribution in [0.3, 0.4) is 0 Å². The molecule has 0 amide bonds. The molecule has 2 aromatic carbocycles. The van der Waals surface area contributed by atoms with E-state index in [1.807, 2.05) is 36.4 Å². The van der Waals surface area contributed by atoms with Gasteiger partial charge in [-0.2, -0.15) is 0 Å². The summed E-state index contributed by atoms with van der Waals surface area (Å²) in [5.74, 6) is 0. The molecule has 42 heavy (non-hydrogen) atoms. The standard InChI is InChI=1S/C31H42N2O8Si/c1-21-17-33(30(36)32-28(21)35)29-27(40-22(18-37-5)19-38-6)26(34)25(41-29)20-39-42(31(2,3)4,23-13-9-7-10-14-23)24-15-11-8-12-16-24/h7-17,22,25-27,29,34H,18-20H2,1-6H3,(H,32,35,36)/t25-,26?,27?,29-/m1/s1. The monoisotopic (exact) mass is 598 g/mol. The van der Waals surface area contributed by atoms with Crippen LogP contribution in [0.25, 0.3) is 0 Å². The third-order valence-electron chi connectivity index (χ3n) is 7.67. The Kier molecular flexibility index (Phi) is 10.4. The summed E-state index contributed by atoms with van der Waals surface area (Å²) in [5.41, 5.74) is -0.834. The summed E-state index contributed by atoms with van der Waals surface area (Å²) in [7, 11) is 0.144. The Morgan fingerprint density at radius 3 is 2.02 bits per heavy atom. The van der Waals surface area contributed by atoms with Gasteiger partial charge in [0.2, 0.25) is 0 Å². The number of aryl methyl sites for hydroxylation is 1. The van der Waals surface area contributed by atoms with Crippen molar-refractivity contribution < 1.29 is 28.5 Å². The number of aromatic nitrogens is 2. The minimum absolute atomic E-state index is 0.0428. The van der Waals surface area contributed by atoms with Gasteiger partial charge in [-0.3, -0.25) is 14.3 Å². The predicted molar refractivity (Wildman–Crippen MR) is 162 cm³/mol. The number of nitrogens with one attached hydrogen (secondary N) is 1. The summed E-state index contributed by atoms with van der Waals surface area (Å²) in [5, 5.41) is 13.5. The number of benzene rings is 2. The summed E-state index contributed by atoms with van der Waals surface area (Å²) in [6.45, 7) is 8.55. The summed E-state index contributed by atoms with van der Waals surface area (Å²) in [6, 6.07) is 20.3. The van der Waals surface area contributed by atoms with Gasteiger partial charge in [0.25, 0.3) is 13.9 Å². The highest BCUT2D eigenvalue weighted by Gasteiger charge is 2.53. The summed E-state index contributed by atoms with van der Waals surface area (Å²) >= 11 is 0. The van der Waals surface area contributed by atoms with Crippen LogP contribution in [0.2, 0.25) is 5.04 Å². The number of aromatic amines is 1. The molecular formula is C31H42N2O8Si. The Hall–Kier alpha value is -2.90. The fourth-order valence-corrected chi connectivity index (χ4v) is 10.3. The largest absolute Gasteiger partial charge is 0.405 e. The molecule has 2 heterocycles. The van der Waals surface area contributed by atoms with E-state index in [-0.39, 0.29) is 24.9 Å². The van der Waals surface area contributed by atoms with Crippen molar-refractivity contribution in [3.8, 4) is 0 Å². The lowest BCUT2D eigenvalue weighted by Crippen LogP contribution is -2.67. The first-order valence-electron chi connectivity index (χ1n) is 14.1. The van der Waals surface area contributed by atoms with Gasteiger partial charge in [-0.15, -0.1) is 0 Å². The summed E-state index contributed by atoms with van der Waals surface area (Å²) in [4.78, 5) is 27.3. The molecule has 2 N–H and O–H groups in total. The number of hydrogen-bond acceptors (Lipinski definition) is 8. The van der Waals surface area contributed by atoms with E-state index in [9.17, 15) is 14.7 Å². The quantitative estimate of drug-likeness (QED) is 0.303. The lowest BCUT2D eigenvalue weighted by Gasteiger charge is -2.43. The first-order valence-corrected chi connectivity index (χ1v) is 16.0. The lowest BCUT2D eigenvalue weighted by atomic mass is 10.1. The van der Waals surface area contributed by atoms with Gasteiger partial charge in [-0.25, -0.2) is 4.79 Å². The third-order valence-corrected chi connectivity index (χ3v) is 12.7. The van der Waals surface area contributed by atoms with Crippen molar-refractivity contribution in [2.24, 2.45) is 0 Å². The first kappa shape index (κ1) is 32.0. The van der Waals surface area contributed by atoms with Gasteiger partial charge in [0.1, 0.15) is 24.4 Å². The van der Waals surface area contributed by atoms with Crippen molar-refractivity contribution in [1.29, 1.82) is 0 Å². The highest BCUT2D eigenvalue weighted by Crippen LogP contribution is 2.38. The van der Waals surface area contributed by atoms with Crippen LogP contribution in [-0.2, 0) is 23.4 Å². The summed E-state index contributed by atoms with van der Waals surface area (Å²) in [6.07, 6.45) is -3.14. The van der Waals surface area contributed by atoms with E-state index in [4.69, 9.17) is 23.4 Å². The number of rotatable bonds is 12. The summed E-state index contributed by atoms with van der Waals surface area (Å²) < 4.78 is 31.5. The molecule has 2 unspecified atom stereocenters. The van der Waals surface area contributed by atoms with Crippen molar-refractivity contribution in [3.05, 3.63) is 93.3 Å². The average molecular weight is 599 g/mol. The second-order valence-corrected chi connectivity index (χ2v) is 15.9. The second-order valence-electron chi connectivity index (χ2n) is 11.6. The zero-order chi connectivity index (χ0) is 30.5. The molecule has 0 aliphatic carbocycles. The number of aliphatic hydroxyl groups excluding tert-OH is 1. The van der Waals surface area contributed by atoms with Gasteiger partial charge < -0.3 is 28.5 Å². The number of nitrogens with zero attached hydrogens (tertiary/aromatic N) is 1. The molecule has 3 aromatic rings. The smallest absolute Gasteiger partial charge is 0.330 e. The normalized spacial score (nSPS) is 21.2. The van der Waals surface area contributed by atoms with Crippen LogP contribution in [0.4, 0.5) is 0 Å². The van der Waals surface area contributed by atoms with Crippen LogP contribution in [0.5, 0.6) is 0 Å². The Balaban J connectivity index is 1.73. The molecule has 1 saturated heterocycles. The second kappa shape index (κ2) is 13.6. The molecule has 0 saturated carbocycles. The molecule has 11 heteroatoms. The van der Waals surface area contributed by atoms with E-state index >= 15 is 0 Å². The van der Waals surface area contributed by atoms with Gasteiger partial charge in [0.05, 0.1) is 19.8 Å². The highest BCUT2D eigenvalue weighted by atomic mass is 28.4. The first-order chi connectivity index (χ1) is 20.0. The van der Waals surface area contributed by atoms with E-state index in [1.165, 1.54) is 10.8 Å². The van der Waals surface area contributed by atoms with E-state index in [1.54, 1.807) is 21.1 Å². The van der Waals surface area contributed by atoms with Gasteiger partial charge in [-0.1, -0.05) is 81.4 Å². The maximum atomic E-state index is 12.9. The number of ether oxygens (including phenoxy) is 4. The van der Waals surface area contributed by atoms with Crippen LogP contribution in [0, 0.1) is 6.92 Å². The predicted octanol–water partition coefficient (Wildman–Crippen LogP) is 1.73. The SMILES string of the molecule is COCC(COC)OC1C(O)[C@@H](CO[Si](c2ccccc2)(c2ccccc2)C(C)(C)C)O[C@H]1n1cc(C)c(=O)[nH]c1=O. The molecule has 1 fully saturated rings. The molecule has 4 atom stereocenters. The van der Waals surface area contributed by atoms with E-state index in [2.05, 4.69) is 50.0 Å². The van der Waals surface area contributed by atoms with E-state index in [0.717, 1.165) is 10.4 Å². The van der Waals surface area contributed by atoms with Crippen molar-refractivity contribution >= 4 is 18.7 Å². The molecule has 4 rings (SSSR count). The van der Waals surface area contributed by atoms with Gasteiger partial charge in [-0.05, 0) is 22.3 Å². The minimum atomic E-state index is -2.94. The molecule has 1 aliphatic rings. The average Bonchev–Trinajstić information content (AvgIpc) is 3.26. The van der Waals surface area contributed by atoms with Crippen molar-refractivity contribution in [2.45, 2.75) is 63.4 Å². The molecule has 0 radical (unpaired) electrons. The fraction of sp³-hybridized carbons (Fsp3) is 0.484. The molecular weight excluding hydrogens is 556 g/mol. The van der Waals surface area contributed by atoms with Crippen LogP contribution >= 0.6 is 0 Å². The zero-order valence-electron chi connectivity index (χ0n) is 25.1. The molecule has 1 aromatic heterocycles. The number of aliphatic hydroxyl groups is 1. The molecule has 0 spiro atoms.